The summed E-state index contributed by atoms with van der Waals surface area (Å²) < 4.78 is 6.20. The maximum atomic E-state index is 6.20. The fourth-order valence-corrected chi connectivity index (χ4v) is 4.48. The van der Waals surface area contributed by atoms with Crippen molar-refractivity contribution in [3.63, 3.8) is 0 Å². The second-order valence-electron chi connectivity index (χ2n) is 7.52. The minimum absolute atomic E-state index is 0.136. The summed E-state index contributed by atoms with van der Waals surface area (Å²) in [6.45, 7) is 4.53. The van der Waals surface area contributed by atoms with Gasteiger partial charge < -0.3 is 4.42 Å². The Hall–Kier alpha value is -3.20. The van der Waals surface area contributed by atoms with Crippen molar-refractivity contribution >= 4 is 33.0 Å². The number of rotatable bonds is 0. The van der Waals surface area contributed by atoms with Crippen LogP contribution >= 0.6 is 0 Å². The second-order valence-corrected chi connectivity index (χ2v) is 7.52. The molecule has 6 rings (SSSR count). The zero-order chi connectivity index (χ0) is 17.5. The molecule has 0 aliphatic heterocycles. The second kappa shape index (κ2) is 4.50. The van der Waals surface area contributed by atoms with Crippen molar-refractivity contribution in [3.8, 4) is 11.3 Å². The molecule has 3 heterocycles. The number of benzene rings is 2. The van der Waals surface area contributed by atoms with Gasteiger partial charge in [-0.1, -0.05) is 38.1 Å². The molecule has 1 aliphatic rings. The van der Waals surface area contributed by atoms with Gasteiger partial charge in [-0.25, -0.2) is 4.98 Å². The Morgan fingerprint density at radius 2 is 1.81 bits per heavy atom. The monoisotopic (exact) mass is 336 g/mol. The third-order valence-corrected chi connectivity index (χ3v) is 5.67. The number of aromatic nitrogens is 2. The molecule has 0 saturated heterocycles. The van der Waals surface area contributed by atoms with Gasteiger partial charge in [0.05, 0.1) is 16.6 Å². The van der Waals surface area contributed by atoms with E-state index >= 15 is 0 Å². The van der Waals surface area contributed by atoms with E-state index in [1.54, 1.807) is 0 Å². The number of furan rings is 1. The summed E-state index contributed by atoms with van der Waals surface area (Å²) in [6, 6.07) is 18.7. The van der Waals surface area contributed by atoms with Crippen LogP contribution in [-0.4, -0.2) is 9.97 Å². The first-order chi connectivity index (χ1) is 12.6. The number of para-hydroxylation sites is 1. The van der Waals surface area contributed by atoms with E-state index in [-0.39, 0.29) is 5.41 Å². The minimum atomic E-state index is -0.136. The van der Waals surface area contributed by atoms with Gasteiger partial charge in [-0.05, 0) is 41.5 Å². The first kappa shape index (κ1) is 14.0. The topological polar surface area (TPSA) is 38.9 Å². The largest absolute Gasteiger partial charge is 0.454 e. The lowest BCUT2D eigenvalue weighted by atomic mass is 9.81. The molecule has 3 nitrogen and oxygen atoms in total. The Bertz CT molecular complexity index is 1360. The highest BCUT2D eigenvalue weighted by Gasteiger charge is 2.39. The predicted octanol–water partition coefficient (Wildman–Crippen LogP) is 5.84. The number of hydrogen-bond acceptors (Lipinski definition) is 3. The van der Waals surface area contributed by atoms with Crippen molar-refractivity contribution < 1.29 is 4.42 Å². The molecular weight excluding hydrogens is 320 g/mol. The third kappa shape index (κ3) is 1.58. The van der Waals surface area contributed by atoms with Crippen LogP contribution in [0.1, 0.15) is 25.0 Å². The molecule has 124 valence electrons. The molecule has 0 amide bonds. The van der Waals surface area contributed by atoms with Crippen molar-refractivity contribution in [2.75, 3.05) is 0 Å². The molecule has 0 N–H and O–H groups in total. The number of pyridine rings is 2. The number of fused-ring (bicyclic) bond motifs is 8. The van der Waals surface area contributed by atoms with E-state index in [1.807, 2.05) is 24.4 Å². The highest BCUT2D eigenvalue weighted by Crippen LogP contribution is 2.51. The lowest BCUT2D eigenvalue weighted by molar-refractivity contribution is 0.656. The van der Waals surface area contributed by atoms with Gasteiger partial charge in [0, 0.05) is 22.6 Å². The summed E-state index contributed by atoms with van der Waals surface area (Å²) >= 11 is 0. The van der Waals surface area contributed by atoms with Gasteiger partial charge >= 0.3 is 0 Å². The summed E-state index contributed by atoms with van der Waals surface area (Å²) in [7, 11) is 0. The van der Waals surface area contributed by atoms with Gasteiger partial charge in [-0.3, -0.25) is 4.98 Å². The molecule has 3 heteroatoms. The molecular formula is C23H16N2O. The Balaban J connectivity index is 1.83. The summed E-state index contributed by atoms with van der Waals surface area (Å²) in [5.41, 5.74) is 8.32. The minimum Gasteiger partial charge on any atom is -0.454 e. The predicted molar refractivity (Wildman–Crippen MR) is 104 cm³/mol. The van der Waals surface area contributed by atoms with Crippen molar-refractivity contribution in [3.05, 3.63) is 71.9 Å². The summed E-state index contributed by atoms with van der Waals surface area (Å²) in [5.74, 6) is 0. The van der Waals surface area contributed by atoms with Crippen LogP contribution in [0.3, 0.4) is 0 Å². The molecule has 0 radical (unpaired) electrons. The summed E-state index contributed by atoms with van der Waals surface area (Å²) in [6.07, 6.45) is 1.87. The van der Waals surface area contributed by atoms with Crippen LogP contribution in [0.2, 0.25) is 0 Å². The molecule has 3 aromatic heterocycles. The molecule has 0 bridgehead atoms. The molecule has 0 spiro atoms. The van der Waals surface area contributed by atoms with Crippen molar-refractivity contribution in [1.29, 1.82) is 0 Å². The zero-order valence-electron chi connectivity index (χ0n) is 14.6. The van der Waals surface area contributed by atoms with Gasteiger partial charge in [0.25, 0.3) is 0 Å². The molecule has 26 heavy (non-hydrogen) atoms. The van der Waals surface area contributed by atoms with Gasteiger partial charge in [0.15, 0.2) is 5.58 Å². The first-order valence-electron chi connectivity index (χ1n) is 8.86. The Labute approximate surface area is 150 Å². The van der Waals surface area contributed by atoms with Gasteiger partial charge in [0.2, 0.25) is 0 Å². The van der Waals surface area contributed by atoms with Crippen LogP contribution < -0.4 is 0 Å². The van der Waals surface area contributed by atoms with E-state index in [0.29, 0.717) is 0 Å². The molecule has 2 aromatic carbocycles. The zero-order valence-corrected chi connectivity index (χ0v) is 14.6. The third-order valence-electron chi connectivity index (χ3n) is 5.67. The van der Waals surface area contributed by atoms with Crippen LogP contribution in [0.25, 0.3) is 44.2 Å². The maximum Gasteiger partial charge on any atom is 0.154 e. The van der Waals surface area contributed by atoms with Crippen LogP contribution in [0.15, 0.2) is 65.2 Å². The highest BCUT2D eigenvalue weighted by atomic mass is 16.3. The van der Waals surface area contributed by atoms with Gasteiger partial charge in [-0.15, -0.1) is 0 Å². The Kier molecular flexibility index (Phi) is 2.42. The molecule has 0 unspecified atom stereocenters. The summed E-state index contributed by atoms with van der Waals surface area (Å²) in [4.78, 5) is 9.62. The normalized spacial score (nSPS) is 14.8. The lowest BCUT2D eigenvalue weighted by Gasteiger charge is -2.21. The fourth-order valence-electron chi connectivity index (χ4n) is 4.48. The van der Waals surface area contributed by atoms with Crippen molar-refractivity contribution in [2.24, 2.45) is 0 Å². The van der Waals surface area contributed by atoms with E-state index in [2.05, 4.69) is 55.2 Å². The molecule has 5 aromatic rings. The van der Waals surface area contributed by atoms with Crippen LogP contribution in [0.5, 0.6) is 0 Å². The first-order valence-corrected chi connectivity index (χ1v) is 8.86. The highest BCUT2D eigenvalue weighted by molar-refractivity contribution is 6.11. The average Bonchev–Trinajstić information content (AvgIpc) is 3.12. The maximum absolute atomic E-state index is 6.20. The van der Waals surface area contributed by atoms with Crippen molar-refractivity contribution in [1.82, 2.24) is 9.97 Å². The average molecular weight is 336 g/mol. The van der Waals surface area contributed by atoms with Crippen molar-refractivity contribution in [2.45, 2.75) is 19.3 Å². The standard InChI is InChI=1S/C23H16N2O/c1-23(2)15-7-5-11-24-21(15)14-9-10-17-19(20(14)23)22-18(26-17)12-13-6-3-4-8-16(13)25-22/h3-12H,1-2H3. The van der Waals surface area contributed by atoms with E-state index in [1.165, 1.54) is 16.7 Å². The van der Waals surface area contributed by atoms with E-state index < -0.39 is 0 Å². The molecule has 1 aliphatic carbocycles. The number of hydrogen-bond donors (Lipinski definition) is 0. The smallest absolute Gasteiger partial charge is 0.154 e. The lowest BCUT2D eigenvalue weighted by Crippen LogP contribution is -2.15. The van der Waals surface area contributed by atoms with Crippen LogP contribution in [0, 0.1) is 0 Å². The number of nitrogens with zero attached hydrogens (tertiary/aromatic N) is 2. The van der Waals surface area contributed by atoms with Crippen LogP contribution in [0.4, 0.5) is 0 Å². The van der Waals surface area contributed by atoms with Gasteiger partial charge in [-0.2, -0.15) is 0 Å². The molecule has 0 fully saturated rings. The SMILES string of the molecule is CC1(C)c2cccnc2-c2ccc3oc4cc5ccccc5nc4c3c21. The van der Waals surface area contributed by atoms with E-state index in [0.717, 1.165) is 38.7 Å². The van der Waals surface area contributed by atoms with E-state index in [9.17, 15) is 0 Å². The van der Waals surface area contributed by atoms with Gasteiger partial charge in [0.1, 0.15) is 11.1 Å². The van der Waals surface area contributed by atoms with Crippen LogP contribution in [-0.2, 0) is 5.41 Å². The quantitative estimate of drug-likeness (QED) is 0.357. The van der Waals surface area contributed by atoms with E-state index in [4.69, 9.17) is 9.40 Å². The molecule has 0 saturated carbocycles. The Morgan fingerprint density at radius 1 is 0.923 bits per heavy atom. The fraction of sp³-hybridized carbons (Fsp3) is 0.130. The summed E-state index contributed by atoms with van der Waals surface area (Å²) in [5, 5.41) is 2.21. The molecule has 0 atom stereocenters. The Morgan fingerprint density at radius 3 is 2.73 bits per heavy atom.